The summed E-state index contributed by atoms with van der Waals surface area (Å²) < 4.78 is 11.9. The van der Waals surface area contributed by atoms with Gasteiger partial charge in [0.2, 0.25) is 0 Å². The van der Waals surface area contributed by atoms with E-state index >= 15 is 0 Å². The van der Waals surface area contributed by atoms with Gasteiger partial charge < -0.3 is 9.47 Å². The topological polar surface area (TPSA) is 83.3 Å². The quantitative estimate of drug-likeness (QED) is 0.798. The Hall–Kier alpha value is -2.22. The van der Waals surface area contributed by atoms with Crippen molar-refractivity contribution in [3.8, 4) is 0 Å². The van der Waals surface area contributed by atoms with Crippen molar-refractivity contribution in [1.82, 2.24) is 15.0 Å². The molecule has 2 atom stereocenters. The third-order valence-corrected chi connectivity index (χ3v) is 4.74. The molecule has 0 aliphatic heterocycles. The lowest BCUT2D eigenvalue weighted by Gasteiger charge is -2.30. The second kappa shape index (κ2) is 6.91. The van der Waals surface area contributed by atoms with Crippen LogP contribution in [0.3, 0.4) is 0 Å². The summed E-state index contributed by atoms with van der Waals surface area (Å²) in [6.45, 7) is 0. The van der Waals surface area contributed by atoms with Gasteiger partial charge >= 0.3 is 11.9 Å². The molecule has 1 aliphatic carbocycles. The first-order valence-corrected chi connectivity index (χ1v) is 8.31. The summed E-state index contributed by atoms with van der Waals surface area (Å²) in [5.74, 6) is -0.843. The minimum absolute atomic E-state index is 0.112. The van der Waals surface area contributed by atoms with E-state index in [1.807, 2.05) is 11.4 Å². The van der Waals surface area contributed by atoms with E-state index in [0.29, 0.717) is 4.88 Å². The van der Waals surface area contributed by atoms with Crippen molar-refractivity contribution >= 4 is 23.3 Å². The molecule has 8 heteroatoms. The number of carbonyl (C=O) groups excluding carboxylic acids is 2. The van der Waals surface area contributed by atoms with Crippen LogP contribution in [0, 0.1) is 0 Å². The van der Waals surface area contributed by atoms with Gasteiger partial charge in [-0.2, -0.15) is 0 Å². The van der Waals surface area contributed by atoms with E-state index in [9.17, 15) is 9.59 Å². The average molecular weight is 335 g/mol. The lowest BCUT2D eigenvalue weighted by atomic mass is 9.92. The van der Waals surface area contributed by atoms with Gasteiger partial charge in [-0.05, 0) is 30.7 Å². The van der Waals surface area contributed by atoms with Gasteiger partial charge in [0.15, 0.2) is 5.69 Å². The fraction of sp³-hybridized carbons (Fsp3) is 0.467. The maximum Gasteiger partial charge on any atom is 0.360 e. The number of carbonyl (C=O) groups is 2. The summed E-state index contributed by atoms with van der Waals surface area (Å²) >= 11 is 1.36. The van der Waals surface area contributed by atoms with Crippen molar-refractivity contribution in [2.45, 2.75) is 37.8 Å². The van der Waals surface area contributed by atoms with E-state index in [2.05, 4.69) is 15.0 Å². The van der Waals surface area contributed by atoms with Crippen LogP contribution >= 0.6 is 11.3 Å². The maximum atomic E-state index is 12.2. The minimum atomic E-state index is -0.529. The van der Waals surface area contributed by atoms with E-state index in [0.717, 1.165) is 25.7 Å². The van der Waals surface area contributed by atoms with Gasteiger partial charge in [-0.15, -0.1) is 16.4 Å². The number of rotatable bonds is 4. The predicted molar refractivity (Wildman–Crippen MR) is 82.4 cm³/mol. The summed E-state index contributed by atoms with van der Waals surface area (Å²) in [5.41, 5.74) is 0.154. The zero-order valence-electron chi connectivity index (χ0n) is 12.7. The molecule has 23 heavy (non-hydrogen) atoms. The minimum Gasteiger partial charge on any atom is -0.464 e. The normalized spacial score (nSPS) is 20.9. The molecule has 0 spiro atoms. The number of hydrogen-bond donors (Lipinski definition) is 0. The summed E-state index contributed by atoms with van der Waals surface area (Å²) in [7, 11) is 1.30. The van der Waals surface area contributed by atoms with Gasteiger partial charge in [-0.1, -0.05) is 17.7 Å². The number of aromatic nitrogens is 3. The van der Waals surface area contributed by atoms with E-state index in [1.54, 1.807) is 16.9 Å². The SMILES string of the molecule is COC(=O)c1cn(C2CCCCC2OC(=O)c2cccs2)nn1. The Labute approximate surface area is 137 Å². The third-order valence-electron chi connectivity index (χ3n) is 3.89. The Morgan fingerprint density at radius 3 is 2.87 bits per heavy atom. The molecule has 2 heterocycles. The fourth-order valence-electron chi connectivity index (χ4n) is 2.74. The van der Waals surface area contributed by atoms with Crippen LogP contribution in [-0.2, 0) is 9.47 Å². The van der Waals surface area contributed by atoms with Crippen molar-refractivity contribution in [2.75, 3.05) is 7.11 Å². The average Bonchev–Trinajstić information content (AvgIpc) is 3.26. The standard InChI is InChI=1S/C15H17N3O4S/c1-21-14(19)10-9-18(17-16-10)11-5-2-3-6-12(11)22-15(20)13-7-4-8-23-13/h4,7-9,11-12H,2-3,5-6H2,1H3. The summed E-state index contributed by atoms with van der Waals surface area (Å²) in [6.07, 6.45) is 4.89. The zero-order valence-corrected chi connectivity index (χ0v) is 13.5. The fourth-order valence-corrected chi connectivity index (χ4v) is 3.35. The molecule has 7 nitrogen and oxygen atoms in total. The molecule has 122 valence electrons. The molecule has 0 aromatic carbocycles. The number of methoxy groups -OCH3 is 1. The van der Waals surface area contributed by atoms with E-state index < -0.39 is 5.97 Å². The van der Waals surface area contributed by atoms with Crippen LogP contribution in [0.2, 0.25) is 0 Å². The number of esters is 2. The lowest BCUT2D eigenvalue weighted by molar-refractivity contribution is 0.00224. The Morgan fingerprint density at radius 2 is 2.13 bits per heavy atom. The number of nitrogens with zero attached hydrogens (tertiary/aromatic N) is 3. The van der Waals surface area contributed by atoms with Crippen molar-refractivity contribution in [3.05, 3.63) is 34.3 Å². The van der Waals surface area contributed by atoms with Gasteiger partial charge in [0.1, 0.15) is 11.0 Å². The molecule has 3 rings (SSSR count). The smallest absolute Gasteiger partial charge is 0.360 e. The first kappa shape index (κ1) is 15.7. The van der Waals surface area contributed by atoms with Gasteiger partial charge in [-0.25, -0.2) is 14.3 Å². The molecule has 0 bridgehead atoms. The second-order valence-corrected chi connectivity index (χ2v) is 6.30. The highest BCUT2D eigenvalue weighted by Gasteiger charge is 2.31. The zero-order chi connectivity index (χ0) is 16.2. The van der Waals surface area contributed by atoms with Gasteiger partial charge in [-0.3, -0.25) is 0 Å². The van der Waals surface area contributed by atoms with E-state index in [1.165, 1.54) is 18.4 Å². The first-order chi connectivity index (χ1) is 11.2. The van der Waals surface area contributed by atoms with Crippen LogP contribution < -0.4 is 0 Å². The summed E-state index contributed by atoms with van der Waals surface area (Å²) in [5, 5.41) is 9.67. The number of hydrogen-bond acceptors (Lipinski definition) is 7. The first-order valence-electron chi connectivity index (χ1n) is 7.43. The molecule has 0 saturated heterocycles. The molecule has 2 unspecified atom stereocenters. The highest BCUT2D eigenvalue weighted by atomic mass is 32.1. The molecular formula is C15H17N3O4S. The molecule has 0 amide bonds. The second-order valence-electron chi connectivity index (χ2n) is 5.35. The Balaban J connectivity index is 1.74. The Bertz CT molecular complexity index is 683. The molecule has 0 radical (unpaired) electrons. The van der Waals surface area contributed by atoms with Gasteiger partial charge in [0.05, 0.1) is 19.3 Å². The Morgan fingerprint density at radius 1 is 1.30 bits per heavy atom. The highest BCUT2D eigenvalue weighted by molar-refractivity contribution is 7.11. The molecular weight excluding hydrogens is 318 g/mol. The summed E-state index contributed by atoms with van der Waals surface area (Å²) in [6, 6.07) is 3.45. The van der Waals surface area contributed by atoms with Crippen LogP contribution in [0.15, 0.2) is 23.7 Å². The molecule has 2 aromatic rings. The predicted octanol–water partition coefficient (Wildman–Crippen LogP) is 2.47. The number of ether oxygens (including phenoxy) is 2. The largest absolute Gasteiger partial charge is 0.464 e. The maximum absolute atomic E-state index is 12.2. The third kappa shape index (κ3) is 3.42. The monoisotopic (exact) mass is 335 g/mol. The molecule has 1 aliphatic rings. The van der Waals surface area contributed by atoms with Crippen molar-refractivity contribution in [2.24, 2.45) is 0 Å². The molecule has 1 saturated carbocycles. The van der Waals surface area contributed by atoms with Crippen LogP contribution in [0.4, 0.5) is 0 Å². The molecule has 0 N–H and O–H groups in total. The van der Waals surface area contributed by atoms with Gasteiger partial charge in [0, 0.05) is 0 Å². The molecule has 1 fully saturated rings. The number of thiophene rings is 1. The van der Waals surface area contributed by atoms with Crippen molar-refractivity contribution in [1.29, 1.82) is 0 Å². The van der Waals surface area contributed by atoms with E-state index in [4.69, 9.17) is 4.74 Å². The van der Waals surface area contributed by atoms with Crippen LogP contribution in [0.5, 0.6) is 0 Å². The van der Waals surface area contributed by atoms with Crippen LogP contribution in [-0.4, -0.2) is 40.1 Å². The van der Waals surface area contributed by atoms with Crippen molar-refractivity contribution < 1.29 is 19.1 Å². The Kier molecular flexibility index (Phi) is 4.71. The molecule has 2 aromatic heterocycles. The van der Waals surface area contributed by atoms with E-state index in [-0.39, 0.29) is 23.8 Å². The van der Waals surface area contributed by atoms with Crippen molar-refractivity contribution in [3.63, 3.8) is 0 Å². The highest BCUT2D eigenvalue weighted by Crippen LogP contribution is 2.31. The van der Waals surface area contributed by atoms with Crippen LogP contribution in [0.25, 0.3) is 0 Å². The van der Waals surface area contributed by atoms with Gasteiger partial charge in [0.25, 0.3) is 0 Å². The summed E-state index contributed by atoms with van der Waals surface area (Å²) in [4.78, 5) is 24.3. The lowest BCUT2D eigenvalue weighted by Crippen LogP contribution is -2.32. The van der Waals surface area contributed by atoms with Crippen LogP contribution in [0.1, 0.15) is 51.9 Å².